The Morgan fingerprint density at radius 1 is 0.962 bits per heavy atom. The largest absolute Gasteiger partial charge is 0.337 e. The summed E-state index contributed by atoms with van der Waals surface area (Å²) in [6, 6.07) is 14.5. The van der Waals surface area contributed by atoms with E-state index >= 15 is 0 Å². The molecule has 136 valence electrons. The van der Waals surface area contributed by atoms with Crippen LogP contribution in [-0.2, 0) is 0 Å². The lowest BCUT2D eigenvalue weighted by atomic mass is 10.1. The van der Waals surface area contributed by atoms with Gasteiger partial charge in [-0.05, 0) is 43.7 Å². The van der Waals surface area contributed by atoms with Crippen LogP contribution in [0.2, 0.25) is 5.02 Å². The average molecular weight is 372 g/mol. The first kappa shape index (κ1) is 18.3. The highest BCUT2D eigenvalue weighted by molar-refractivity contribution is 6.30. The van der Waals surface area contributed by atoms with Crippen LogP contribution < -0.4 is 5.32 Å². The van der Waals surface area contributed by atoms with Gasteiger partial charge in [-0.3, -0.25) is 4.79 Å². The van der Waals surface area contributed by atoms with Crippen molar-refractivity contribution in [2.24, 2.45) is 0 Å². The Bertz CT molecular complexity index is 792. The summed E-state index contributed by atoms with van der Waals surface area (Å²) in [5.41, 5.74) is 2.48. The first-order chi connectivity index (χ1) is 12.5. The minimum absolute atomic E-state index is 0.0158. The van der Waals surface area contributed by atoms with Gasteiger partial charge in [0.1, 0.15) is 0 Å². The van der Waals surface area contributed by atoms with Crippen molar-refractivity contribution in [3.05, 3.63) is 64.7 Å². The lowest BCUT2D eigenvalue weighted by Gasteiger charge is -2.22. The molecule has 2 aromatic carbocycles. The van der Waals surface area contributed by atoms with Gasteiger partial charge in [0.15, 0.2) is 0 Å². The van der Waals surface area contributed by atoms with Gasteiger partial charge in [0.2, 0.25) is 0 Å². The maximum atomic E-state index is 12.7. The smallest absolute Gasteiger partial charge is 0.321 e. The maximum Gasteiger partial charge on any atom is 0.321 e. The number of urea groups is 1. The number of hydrogen-bond donors (Lipinski definition) is 1. The fraction of sp³-hybridized carbons (Fsp3) is 0.300. The maximum absolute atomic E-state index is 12.7. The highest BCUT2D eigenvalue weighted by atomic mass is 35.5. The molecule has 0 aromatic heterocycles. The lowest BCUT2D eigenvalue weighted by Crippen LogP contribution is -2.39. The van der Waals surface area contributed by atoms with Crippen molar-refractivity contribution in [2.75, 3.05) is 31.5 Å². The zero-order chi connectivity index (χ0) is 18.5. The number of halogens is 1. The molecule has 1 saturated heterocycles. The molecule has 1 N–H and O–H groups in total. The first-order valence-electron chi connectivity index (χ1n) is 8.70. The first-order valence-corrected chi connectivity index (χ1v) is 9.08. The molecule has 1 heterocycles. The quantitative estimate of drug-likeness (QED) is 0.866. The SMILES string of the molecule is Cc1ccc(C(=O)N2CCCN(C(=O)Nc3cccc(Cl)c3)CC2)cc1. The number of aryl methyl sites for hydroxylation is 1. The molecule has 0 saturated carbocycles. The number of nitrogens with one attached hydrogen (secondary N) is 1. The number of carbonyl (C=O) groups excluding carboxylic acids is 2. The number of carbonyl (C=O) groups is 2. The van der Waals surface area contributed by atoms with E-state index in [1.54, 1.807) is 29.2 Å². The Labute approximate surface area is 158 Å². The van der Waals surface area contributed by atoms with E-state index in [1.165, 1.54) is 0 Å². The van der Waals surface area contributed by atoms with E-state index in [4.69, 9.17) is 11.6 Å². The van der Waals surface area contributed by atoms with Gasteiger partial charge in [0.05, 0.1) is 0 Å². The molecule has 0 radical (unpaired) electrons. The third-order valence-corrected chi connectivity index (χ3v) is 4.68. The predicted octanol–water partition coefficient (Wildman–Crippen LogP) is 4.03. The molecule has 5 nitrogen and oxygen atoms in total. The Morgan fingerprint density at radius 3 is 2.38 bits per heavy atom. The van der Waals surface area contributed by atoms with Gasteiger partial charge < -0.3 is 15.1 Å². The Balaban J connectivity index is 1.59. The molecule has 0 spiro atoms. The topological polar surface area (TPSA) is 52.7 Å². The van der Waals surface area contributed by atoms with Gasteiger partial charge >= 0.3 is 6.03 Å². The summed E-state index contributed by atoms with van der Waals surface area (Å²) in [5.74, 6) is 0.0158. The second-order valence-electron chi connectivity index (χ2n) is 6.44. The second-order valence-corrected chi connectivity index (χ2v) is 6.88. The van der Waals surface area contributed by atoms with Crippen molar-refractivity contribution in [1.82, 2.24) is 9.80 Å². The summed E-state index contributed by atoms with van der Waals surface area (Å²) in [7, 11) is 0. The predicted molar refractivity (Wildman–Crippen MR) is 104 cm³/mol. The zero-order valence-electron chi connectivity index (χ0n) is 14.7. The summed E-state index contributed by atoms with van der Waals surface area (Å²) in [4.78, 5) is 28.7. The molecular weight excluding hydrogens is 350 g/mol. The van der Waals surface area contributed by atoms with Gasteiger partial charge in [-0.25, -0.2) is 4.79 Å². The van der Waals surface area contributed by atoms with E-state index in [9.17, 15) is 9.59 Å². The molecule has 1 aliphatic rings. The number of rotatable bonds is 2. The van der Waals surface area contributed by atoms with Gasteiger partial charge in [-0.2, -0.15) is 0 Å². The number of nitrogens with zero attached hydrogens (tertiary/aromatic N) is 2. The summed E-state index contributed by atoms with van der Waals surface area (Å²) in [6.45, 7) is 4.29. The molecule has 0 bridgehead atoms. The average Bonchev–Trinajstić information content (AvgIpc) is 2.88. The minimum Gasteiger partial charge on any atom is -0.337 e. The standard InChI is InChI=1S/C20H22ClN3O2/c1-15-6-8-16(9-7-15)19(25)23-10-3-11-24(13-12-23)20(26)22-18-5-2-4-17(21)14-18/h2,4-9,14H,3,10-13H2,1H3,(H,22,26). The van der Waals surface area contributed by atoms with E-state index in [1.807, 2.05) is 36.1 Å². The van der Waals surface area contributed by atoms with E-state index in [-0.39, 0.29) is 11.9 Å². The minimum atomic E-state index is -0.170. The number of hydrogen-bond acceptors (Lipinski definition) is 2. The van der Waals surface area contributed by atoms with Crippen LogP contribution in [0, 0.1) is 6.92 Å². The number of amides is 3. The molecule has 26 heavy (non-hydrogen) atoms. The van der Waals surface area contributed by atoms with Gasteiger partial charge in [0, 0.05) is 42.5 Å². The van der Waals surface area contributed by atoms with Crippen LogP contribution in [0.1, 0.15) is 22.3 Å². The fourth-order valence-electron chi connectivity index (χ4n) is 2.97. The van der Waals surface area contributed by atoms with Crippen LogP contribution in [0.25, 0.3) is 0 Å². The van der Waals surface area contributed by atoms with Crippen molar-refractivity contribution >= 4 is 29.2 Å². The molecule has 2 aromatic rings. The summed E-state index contributed by atoms with van der Waals surface area (Å²) in [5, 5.41) is 3.44. The molecule has 1 fully saturated rings. The Hall–Kier alpha value is -2.53. The van der Waals surface area contributed by atoms with Crippen LogP contribution >= 0.6 is 11.6 Å². The Morgan fingerprint density at radius 2 is 1.65 bits per heavy atom. The van der Waals surface area contributed by atoms with E-state index in [0.717, 1.165) is 12.0 Å². The molecule has 6 heteroatoms. The summed E-state index contributed by atoms with van der Waals surface area (Å²) in [6.07, 6.45) is 0.751. The van der Waals surface area contributed by atoms with Gasteiger partial charge in [-0.1, -0.05) is 35.4 Å². The van der Waals surface area contributed by atoms with E-state index < -0.39 is 0 Å². The lowest BCUT2D eigenvalue weighted by molar-refractivity contribution is 0.0762. The molecular formula is C20H22ClN3O2. The third kappa shape index (κ3) is 4.55. The van der Waals surface area contributed by atoms with Crippen molar-refractivity contribution in [3.63, 3.8) is 0 Å². The van der Waals surface area contributed by atoms with E-state index in [0.29, 0.717) is 42.5 Å². The third-order valence-electron chi connectivity index (χ3n) is 4.44. The number of benzene rings is 2. The molecule has 0 aliphatic carbocycles. The highest BCUT2D eigenvalue weighted by Crippen LogP contribution is 2.16. The highest BCUT2D eigenvalue weighted by Gasteiger charge is 2.22. The molecule has 3 rings (SSSR count). The monoisotopic (exact) mass is 371 g/mol. The Kier molecular flexibility index (Phi) is 5.78. The van der Waals surface area contributed by atoms with Crippen molar-refractivity contribution in [2.45, 2.75) is 13.3 Å². The van der Waals surface area contributed by atoms with Crippen molar-refractivity contribution in [3.8, 4) is 0 Å². The fourth-order valence-corrected chi connectivity index (χ4v) is 3.16. The van der Waals surface area contributed by atoms with Gasteiger partial charge in [-0.15, -0.1) is 0 Å². The van der Waals surface area contributed by atoms with Crippen LogP contribution in [0.15, 0.2) is 48.5 Å². The van der Waals surface area contributed by atoms with Crippen LogP contribution in [0.5, 0.6) is 0 Å². The summed E-state index contributed by atoms with van der Waals surface area (Å²) >= 11 is 5.95. The molecule has 0 atom stereocenters. The van der Waals surface area contributed by atoms with Crippen molar-refractivity contribution in [1.29, 1.82) is 0 Å². The van der Waals surface area contributed by atoms with Crippen LogP contribution in [0.3, 0.4) is 0 Å². The molecule has 0 unspecified atom stereocenters. The van der Waals surface area contributed by atoms with Gasteiger partial charge in [0.25, 0.3) is 5.91 Å². The molecule has 3 amide bonds. The molecule has 1 aliphatic heterocycles. The summed E-state index contributed by atoms with van der Waals surface area (Å²) < 4.78 is 0. The zero-order valence-corrected chi connectivity index (χ0v) is 15.5. The van der Waals surface area contributed by atoms with Crippen LogP contribution in [-0.4, -0.2) is 47.9 Å². The van der Waals surface area contributed by atoms with E-state index in [2.05, 4.69) is 5.32 Å². The second kappa shape index (κ2) is 8.23. The van der Waals surface area contributed by atoms with Crippen molar-refractivity contribution < 1.29 is 9.59 Å². The van der Waals surface area contributed by atoms with Crippen LogP contribution in [0.4, 0.5) is 10.5 Å². The number of anilines is 1. The normalized spacial score (nSPS) is 14.7.